The van der Waals surface area contributed by atoms with Crippen molar-refractivity contribution in [1.82, 2.24) is 0 Å². The third-order valence-corrected chi connectivity index (χ3v) is 14.5. The van der Waals surface area contributed by atoms with Crippen LogP contribution in [-0.4, -0.2) is 13.6 Å². The summed E-state index contributed by atoms with van der Waals surface area (Å²) in [5, 5.41) is 1.75. The van der Waals surface area contributed by atoms with Crippen LogP contribution in [-0.2, 0) is 24.7 Å². The van der Waals surface area contributed by atoms with E-state index >= 15 is 0 Å². The summed E-state index contributed by atoms with van der Waals surface area (Å²) in [5.41, 5.74) is -3.50. The summed E-state index contributed by atoms with van der Waals surface area (Å²) in [6.07, 6.45) is -18.9. The van der Waals surface area contributed by atoms with Gasteiger partial charge in [0.05, 0.1) is 22.3 Å². The number of fused-ring (bicyclic) bond motifs is 2. The fourth-order valence-corrected chi connectivity index (χ4v) is 11.7. The Kier molecular flexibility index (Phi) is 10.5. The highest BCUT2D eigenvalue weighted by molar-refractivity contribution is 7.80. The Morgan fingerprint density at radius 3 is 0.800 bits per heavy atom. The lowest BCUT2D eigenvalue weighted by atomic mass is 10.0. The van der Waals surface area contributed by atoms with Gasteiger partial charge in [0.25, 0.3) is 0 Å². The van der Waals surface area contributed by atoms with Crippen LogP contribution in [0, 0.1) is 0 Å². The van der Waals surface area contributed by atoms with Gasteiger partial charge < -0.3 is 18.9 Å². The number of hydrogen-bond acceptors (Lipinski definition) is 4. The fraction of sp³-hybridized carbons (Fsp3) is 0.143. The molecule has 18 heteroatoms. The monoisotopic (exact) mass is 882 g/mol. The lowest BCUT2D eigenvalue weighted by molar-refractivity contribution is -0.138. The molecular formula is C42H24F12O4P2. The van der Waals surface area contributed by atoms with E-state index in [2.05, 4.69) is 0 Å². The maximum absolute atomic E-state index is 13.8. The SMILES string of the molecule is FC(F)(F)c1ccc(P(c2ccc(C(F)(F)F)cc2)c2ccc3c(c2-c2c(P(c4ccc(C(F)(F)F)cc4)c4ccc(C(F)(F)F)cc4)ccc4c2OCO4)OCO3)cc1. The first-order valence-electron chi connectivity index (χ1n) is 17.4. The summed E-state index contributed by atoms with van der Waals surface area (Å²) in [4.78, 5) is 0. The van der Waals surface area contributed by atoms with Gasteiger partial charge in [-0.05, 0) is 120 Å². The fourth-order valence-electron chi connectivity index (χ4n) is 6.83. The summed E-state index contributed by atoms with van der Waals surface area (Å²) in [6.45, 7) is -0.614. The number of hydrogen-bond donors (Lipinski definition) is 0. The normalized spacial score (nSPS) is 14.0. The van der Waals surface area contributed by atoms with E-state index < -0.39 is 62.8 Å². The first kappa shape index (κ1) is 41.3. The van der Waals surface area contributed by atoms with Crippen molar-refractivity contribution in [3.05, 3.63) is 144 Å². The van der Waals surface area contributed by atoms with Crippen molar-refractivity contribution in [2.75, 3.05) is 13.6 Å². The number of alkyl halides is 12. The van der Waals surface area contributed by atoms with E-state index in [1.54, 1.807) is 12.1 Å². The lowest BCUT2D eigenvalue weighted by Crippen LogP contribution is -2.27. The number of ether oxygens (including phenoxy) is 4. The Morgan fingerprint density at radius 2 is 0.567 bits per heavy atom. The third kappa shape index (κ3) is 7.94. The van der Waals surface area contributed by atoms with Crippen molar-refractivity contribution in [2.45, 2.75) is 24.7 Å². The largest absolute Gasteiger partial charge is 0.454 e. The molecule has 2 aliphatic heterocycles. The van der Waals surface area contributed by atoms with Gasteiger partial charge in [0, 0.05) is 11.1 Å². The Balaban J connectivity index is 1.42. The molecule has 0 saturated carbocycles. The Hall–Kier alpha value is -5.46. The van der Waals surface area contributed by atoms with Crippen molar-refractivity contribution >= 4 is 47.7 Å². The van der Waals surface area contributed by atoms with E-state index in [-0.39, 0.29) is 68.9 Å². The first-order valence-corrected chi connectivity index (χ1v) is 20.1. The average Bonchev–Trinajstić information content (AvgIpc) is 3.88. The third-order valence-electron chi connectivity index (χ3n) is 9.58. The highest BCUT2D eigenvalue weighted by Gasteiger charge is 2.38. The molecule has 2 aliphatic rings. The first-order chi connectivity index (χ1) is 28.3. The number of benzene rings is 6. The predicted molar refractivity (Wildman–Crippen MR) is 202 cm³/mol. The van der Waals surface area contributed by atoms with Gasteiger partial charge in [-0.15, -0.1) is 0 Å². The molecule has 310 valence electrons. The number of rotatable bonds is 7. The minimum Gasteiger partial charge on any atom is -0.454 e. The van der Waals surface area contributed by atoms with Crippen LogP contribution in [0.5, 0.6) is 23.0 Å². The second kappa shape index (κ2) is 15.2. The molecule has 0 N–H and O–H groups in total. The second-order valence-electron chi connectivity index (χ2n) is 13.2. The summed E-state index contributed by atoms with van der Waals surface area (Å²) < 4.78 is 189. The summed E-state index contributed by atoms with van der Waals surface area (Å²) >= 11 is 0. The molecule has 0 spiro atoms. The van der Waals surface area contributed by atoms with E-state index in [9.17, 15) is 52.7 Å². The molecule has 2 heterocycles. The van der Waals surface area contributed by atoms with Gasteiger partial charge >= 0.3 is 24.7 Å². The topological polar surface area (TPSA) is 36.9 Å². The molecule has 8 rings (SSSR count). The highest BCUT2D eigenvalue weighted by atomic mass is 31.1. The molecule has 0 unspecified atom stereocenters. The molecule has 4 nitrogen and oxygen atoms in total. The Labute approximate surface area is 334 Å². The van der Waals surface area contributed by atoms with E-state index in [1.807, 2.05) is 0 Å². The highest BCUT2D eigenvalue weighted by Crippen LogP contribution is 2.54. The molecule has 0 radical (unpaired) electrons. The minimum atomic E-state index is -4.72. The van der Waals surface area contributed by atoms with Crippen molar-refractivity contribution in [1.29, 1.82) is 0 Å². The molecule has 0 amide bonds. The molecule has 0 aromatic heterocycles. The van der Waals surface area contributed by atoms with Gasteiger partial charge in [-0.25, -0.2) is 0 Å². The molecular weight excluding hydrogens is 858 g/mol. The van der Waals surface area contributed by atoms with Crippen LogP contribution in [0.3, 0.4) is 0 Å². The Bertz CT molecular complexity index is 2240. The maximum Gasteiger partial charge on any atom is 0.416 e. The van der Waals surface area contributed by atoms with Crippen LogP contribution in [0.4, 0.5) is 52.7 Å². The summed E-state index contributed by atoms with van der Waals surface area (Å²) in [6, 6.07) is 22.7. The van der Waals surface area contributed by atoms with Gasteiger partial charge in [-0.3, -0.25) is 0 Å². The van der Waals surface area contributed by atoms with Crippen molar-refractivity contribution in [3.63, 3.8) is 0 Å². The molecule has 0 aliphatic carbocycles. The van der Waals surface area contributed by atoms with E-state index in [4.69, 9.17) is 18.9 Å². The van der Waals surface area contributed by atoms with Gasteiger partial charge in [0.1, 0.15) is 0 Å². The van der Waals surface area contributed by atoms with Gasteiger partial charge in [-0.1, -0.05) is 48.5 Å². The summed E-state index contributed by atoms with van der Waals surface area (Å²) in [7, 11) is -4.17. The lowest BCUT2D eigenvalue weighted by Gasteiger charge is -2.28. The van der Waals surface area contributed by atoms with Crippen LogP contribution >= 0.6 is 15.8 Å². The van der Waals surface area contributed by atoms with E-state index in [0.29, 0.717) is 10.6 Å². The second-order valence-corrected chi connectivity index (χ2v) is 17.6. The van der Waals surface area contributed by atoms with E-state index in [0.717, 1.165) is 48.5 Å². The minimum absolute atomic E-state index is 0.0961. The van der Waals surface area contributed by atoms with Gasteiger partial charge in [0.2, 0.25) is 13.6 Å². The zero-order valence-electron chi connectivity index (χ0n) is 30.0. The average molecular weight is 883 g/mol. The van der Waals surface area contributed by atoms with Crippen molar-refractivity contribution in [2.24, 2.45) is 0 Å². The zero-order valence-corrected chi connectivity index (χ0v) is 31.8. The quantitative estimate of drug-likeness (QED) is 0.118. The maximum atomic E-state index is 13.8. The van der Waals surface area contributed by atoms with Crippen molar-refractivity contribution < 1.29 is 71.6 Å². The predicted octanol–water partition coefficient (Wildman–Crippen LogP) is 10.4. The standard InChI is InChI=1S/C42H24F12O4P2/c43-39(44,45)23-1-9-27(10-2-23)59(28-11-3-24(4-12-28)40(46,47)48)33-19-17-31-37(57-21-55-31)35(33)36-34(20-18-32-38(36)58-22-56-32)60(29-13-5-25(6-14-29)41(49,50)51)30-15-7-26(8-16-30)42(52,53)54/h1-20H,21-22H2. The molecule has 0 fully saturated rings. The Morgan fingerprint density at radius 1 is 0.317 bits per heavy atom. The molecule has 0 saturated heterocycles. The van der Waals surface area contributed by atoms with Crippen LogP contribution in [0.15, 0.2) is 121 Å². The smallest absolute Gasteiger partial charge is 0.416 e. The zero-order chi connectivity index (χ0) is 42.8. The van der Waals surface area contributed by atoms with E-state index in [1.165, 1.54) is 60.7 Å². The molecule has 0 bridgehead atoms. The van der Waals surface area contributed by atoms with Crippen molar-refractivity contribution in [3.8, 4) is 34.1 Å². The van der Waals surface area contributed by atoms with Crippen LogP contribution in [0.2, 0.25) is 0 Å². The van der Waals surface area contributed by atoms with Crippen LogP contribution < -0.4 is 50.8 Å². The number of halogens is 12. The van der Waals surface area contributed by atoms with Crippen LogP contribution in [0.1, 0.15) is 22.3 Å². The molecule has 0 atom stereocenters. The van der Waals surface area contributed by atoms with Gasteiger partial charge in [0.15, 0.2) is 23.0 Å². The molecule has 6 aromatic rings. The van der Waals surface area contributed by atoms with Crippen LogP contribution in [0.25, 0.3) is 11.1 Å². The molecule has 60 heavy (non-hydrogen) atoms. The summed E-state index contributed by atoms with van der Waals surface area (Å²) in [5.74, 6) is 0.580. The van der Waals surface area contributed by atoms with Gasteiger partial charge in [-0.2, -0.15) is 52.7 Å². The molecule has 6 aromatic carbocycles.